The highest BCUT2D eigenvalue weighted by atomic mass is 19.4. The minimum absolute atomic E-state index is 0.211. The quantitative estimate of drug-likeness (QED) is 0.652. The molecule has 2 heterocycles. The summed E-state index contributed by atoms with van der Waals surface area (Å²) < 4.78 is 95.4. The van der Waals surface area contributed by atoms with Crippen LogP contribution in [-0.2, 0) is 4.74 Å². The first-order valence-corrected chi connectivity index (χ1v) is 9.69. The lowest BCUT2D eigenvalue weighted by atomic mass is 9.76. The molecule has 180 valence electrons. The van der Waals surface area contributed by atoms with Gasteiger partial charge in [-0.2, -0.15) is 17.6 Å². The Morgan fingerprint density at radius 3 is 2.39 bits per heavy atom. The molecule has 1 saturated heterocycles. The number of rotatable bonds is 4. The zero-order chi connectivity index (χ0) is 24.9. The first-order chi connectivity index (χ1) is 15.3. The topological polar surface area (TPSA) is 80.4 Å². The van der Waals surface area contributed by atoms with Crippen molar-refractivity contribution in [3.05, 3.63) is 62.8 Å². The van der Waals surface area contributed by atoms with E-state index in [2.05, 4.69) is 10.3 Å². The molecule has 0 saturated carbocycles. The number of aromatic amines is 1. The van der Waals surface area contributed by atoms with E-state index in [0.717, 1.165) is 33.2 Å². The highest BCUT2D eigenvalue weighted by Gasteiger charge is 2.65. The molecule has 6 nitrogen and oxygen atoms in total. The van der Waals surface area contributed by atoms with Gasteiger partial charge in [0.1, 0.15) is 11.7 Å². The van der Waals surface area contributed by atoms with Crippen molar-refractivity contribution in [2.75, 3.05) is 14.2 Å². The molecule has 1 aromatic carbocycles. The molecule has 33 heavy (non-hydrogen) atoms. The Hall–Kier alpha value is -3.02. The van der Waals surface area contributed by atoms with Gasteiger partial charge in [0, 0.05) is 30.6 Å². The van der Waals surface area contributed by atoms with Crippen LogP contribution in [0.25, 0.3) is 0 Å². The Morgan fingerprint density at radius 2 is 1.85 bits per heavy atom. The summed E-state index contributed by atoms with van der Waals surface area (Å²) in [6.45, 7) is 1.90. The normalized spacial score (nSPS) is 25.2. The molecule has 3 rings (SSSR count). The monoisotopic (exact) mass is 478 g/mol. The zero-order valence-electron chi connectivity index (χ0n) is 17.9. The minimum atomic E-state index is -4.94. The van der Waals surface area contributed by atoms with Gasteiger partial charge in [0.15, 0.2) is 23.0 Å². The highest BCUT2D eigenvalue weighted by Crippen LogP contribution is 2.59. The number of methoxy groups -OCH3 is 1. The second kappa shape index (κ2) is 8.40. The molecule has 4 atom stereocenters. The Balaban J connectivity index is 2.27. The molecule has 0 radical (unpaired) electrons. The van der Waals surface area contributed by atoms with E-state index in [0.29, 0.717) is 6.07 Å². The van der Waals surface area contributed by atoms with E-state index in [9.17, 15) is 31.5 Å². The number of pyridine rings is 1. The van der Waals surface area contributed by atoms with Gasteiger partial charge in [-0.3, -0.25) is 9.59 Å². The van der Waals surface area contributed by atoms with Crippen LogP contribution in [0.5, 0.6) is 5.75 Å². The minimum Gasteiger partial charge on any atom is -0.493 e. The van der Waals surface area contributed by atoms with Crippen molar-refractivity contribution in [1.29, 1.82) is 0 Å². The number of hydrogen-bond acceptors (Lipinski definition) is 4. The molecule has 1 amide bonds. The summed E-state index contributed by atoms with van der Waals surface area (Å²) in [4.78, 5) is 26.5. The van der Waals surface area contributed by atoms with Crippen LogP contribution in [-0.4, -0.2) is 36.8 Å². The number of carbonyl (C=O) groups excluding carboxylic acids is 1. The van der Waals surface area contributed by atoms with E-state index in [-0.39, 0.29) is 5.56 Å². The number of benzene rings is 1. The third-order valence-electron chi connectivity index (χ3n) is 6.12. The maximum Gasteiger partial charge on any atom is 0.417 e. The van der Waals surface area contributed by atoms with E-state index in [1.54, 1.807) is 0 Å². The Labute approximate surface area is 183 Å². The van der Waals surface area contributed by atoms with Gasteiger partial charge in [-0.25, -0.2) is 8.78 Å². The number of nitrogens with one attached hydrogen (secondary N) is 2. The van der Waals surface area contributed by atoms with Crippen molar-refractivity contribution >= 4 is 5.91 Å². The van der Waals surface area contributed by atoms with E-state index in [4.69, 9.17) is 9.47 Å². The average molecular weight is 478 g/mol. The number of ether oxygens (including phenoxy) is 2. The van der Waals surface area contributed by atoms with Crippen LogP contribution < -0.4 is 15.5 Å². The molecule has 0 bridgehead atoms. The second-order valence-corrected chi connectivity index (χ2v) is 7.78. The number of alkyl halides is 3. The van der Waals surface area contributed by atoms with Crippen molar-refractivity contribution < 1.29 is 40.6 Å². The smallest absolute Gasteiger partial charge is 0.417 e. The first kappa shape index (κ1) is 24.6. The highest BCUT2D eigenvalue weighted by molar-refractivity contribution is 5.93. The Morgan fingerprint density at radius 1 is 1.21 bits per heavy atom. The molecule has 0 spiro atoms. The van der Waals surface area contributed by atoms with Crippen LogP contribution in [0.4, 0.5) is 26.3 Å². The maximum atomic E-state index is 15.1. The fourth-order valence-corrected chi connectivity index (χ4v) is 4.09. The zero-order valence-corrected chi connectivity index (χ0v) is 17.9. The number of hydrogen-bond donors (Lipinski definition) is 2. The molecule has 0 aliphatic carbocycles. The average Bonchev–Trinajstić information content (AvgIpc) is 3.03. The summed E-state index contributed by atoms with van der Waals surface area (Å²) in [6, 6.07) is 1.72. The summed E-state index contributed by atoms with van der Waals surface area (Å²) >= 11 is 0. The largest absolute Gasteiger partial charge is 0.493 e. The van der Waals surface area contributed by atoms with Crippen LogP contribution in [0.15, 0.2) is 23.1 Å². The Kier molecular flexibility index (Phi) is 6.26. The number of H-pyrrole nitrogens is 1. The van der Waals surface area contributed by atoms with Crippen LogP contribution in [0.1, 0.15) is 47.5 Å². The van der Waals surface area contributed by atoms with E-state index < -0.39 is 75.5 Å². The van der Waals surface area contributed by atoms with Crippen LogP contribution in [0, 0.1) is 23.4 Å². The molecular formula is C21H20F6N2O4. The first-order valence-electron chi connectivity index (χ1n) is 9.69. The van der Waals surface area contributed by atoms with E-state index in [1.807, 2.05) is 0 Å². The lowest BCUT2D eigenvalue weighted by Crippen LogP contribution is -2.46. The number of halogens is 6. The van der Waals surface area contributed by atoms with Crippen molar-refractivity contribution in [3.63, 3.8) is 0 Å². The van der Waals surface area contributed by atoms with Gasteiger partial charge in [0.2, 0.25) is 11.2 Å². The predicted molar refractivity (Wildman–Crippen MR) is 104 cm³/mol. The summed E-state index contributed by atoms with van der Waals surface area (Å²) in [5, 5.41) is 2.14. The molecule has 2 aromatic rings. The lowest BCUT2D eigenvalue weighted by Gasteiger charge is -2.32. The van der Waals surface area contributed by atoms with E-state index in [1.165, 1.54) is 7.05 Å². The third-order valence-corrected chi connectivity index (χ3v) is 6.12. The molecule has 0 unspecified atom stereocenters. The fourth-order valence-electron chi connectivity index (χ4n) is 4.09. The standard InChI is InChI=1S/C21H20F6N2O4/c1-8-12(9-5-6-11(22)13(23)17(9)32-4)18(33-20(8,2)21(25,26)27)15-14(24)16(30)10(7-29-15)19(31)28-3/h5-8,12,18H,1-4H3,(H,28,31)(H,29,30)/t8-,12-,18+,20+/m0/s1. The SMILES string of the molecule is CNC(=O)c1c[nH]c([C@@H]2O[C@@](C)(C(F)(F)F)[C@@H](C)[C@H]2c2ccc(F)c(F)c2OC)c(F)c1=O. The fraction of sp³-hybridized carbons (Fsp3) is 0.429. The van der Waals surface area contributed by atoms with Gasteiger partial charge in [0.25, 0.3) is 5.91 Å². The van der Waals surface area contributed by atoms with Crippen LogP contribution in [0.3, 0.4) is 0 Å². The number of carbonyl (C=O) groups is 1. The van der Waals surface area contributed by atoms with Crippen molar-refractivity contribution in [3.8, 4) is 5.75 Å². The van der Waals surface area contributed by atoms with Gasteiger partial charge >= 0.3 is 6.18 Å². The molecule has 1 aromatic heterocycles. The summed E-state index contributed by atoms with van der Waals surface area (Å²) in [5.41, 5.74) is -5.70. The van der Waals surface area contributed by atoms with Gasteiger partial charge < -0.3 is 19.8 Å². The second-order valence-electron chi connectivity index (χ2n) is 7.78. The van der Waals surface area contributed by atoms with Crippen molar-refractivity contribution in [2.45, 2.75) is 37.6 Å². The van der Waals surface area contributed by atoms with Crippen molar-refractivity contribution in [1.82, 2.24) is 10.3 Å². The van der Waals surface area contributed by atoms with E-state index >= 15 is 4.39 Å². The predicted octanol–water partition coefficient (Wildman–Crippen LogP) is 3.97. The third kappa shape index (κ3) is 3.75. The summed E-state index contributed by atoms with van der Waals surface area (Å²) in [7, 11) is 2.20. The van der Waals surface area contributed by atoms with Gasteiger partial charge in [0.05, 0.1) is 12.8 Å². The Bertz CT molecular complexity index is 1150. The molecule has 1 aliphatic rings. The van der Waals surface area contributed by atoms with Crippen molar-refractivity contribution in [2.24, 2.45) is 5.92 Å². The van der Waals surface area contributed by atoms with Gasteiger partial charge in [-0.15, -0.1) is 0 Å². The maximum absolute atomic E-state index is 15.1. The van der Waals surface area contributed by atoms with Gasteiger partial charge in [-0.1, -0.05) is 13.0 Å². The summed E-state index contributed by atoms with van der Waals surface area (Å²) in [5.74, 6) is -8.73. The molecule has 2 N–H and O–H groups in total. The number of amides is 1. The van der Waals surface area contributed by atoms with Crippen LogP contribution in [0.2, 0.25) is 0 Å². The number of aromatic nitrogens is 1. The van der Waals surface area contributed by atoms with Crippen LogP contribution >= 0.6 is 0 Å². The van der Waals surface area contributed by atoms with Gasteiger partial charge in [-0.05, 0) is 13.0 Å². The molecule has 1 aliphatic heterocycles. The molecular weight excluding hydrogens is 458 g/mol. The lowest BCUT2D eigenvalue weighted by molar-refractivity contribution is -0.275. The molecule has 12 heteroatoms. The summed E-state index contributed by atoms with van der Waals surface area (Å²) in [6.07, 6.45) is -5.88. The molecule has 1 fully saturated rings.